The largest absolute Gasteiger partial charge is 0.485 e. The van der Waals surface area contributed by atoms with Crippen molar-refractivity contribution in [1.29, 1.82) is 0 Å². The monoisotopic (exact) mass is 847 g/mol. The molecule has 0 bridgehead atoms. The van der Waals surface area contributed by atoms with Crippen LogP contribution in [0.4, 0.5) is 11.4 Å². The number of benzene rings is 8. The first-order valence-electron chi connectivity index (χ1n) is 23.3. The van der Waals surface area contributed by atoms with Gasteiger partial charge in [0.05, 0.1) is 0 Å². The summed E-state index contributed by atoms with van der Waals surface area (Å²) in [6, 6.07) is 70.8. The Balaban J connectivity index is 0.844. The molecule has 0 spiro atoms. The molecule has 8 aromatic rings. The highest BCUT2D eigenvalue weighted by Crippen LogP contribution is 2.46. The van der Waals surface area contributed by atoms with E-state index < -0.39 is 0 Å². The number of hydrogen-bond acceptors (Lipinski definition) is 2. The zero-order chi connectivity index (χ0) is 43.8. The zero-order valence-electron chi connectivity index (χ0n) is 36.7. The van der Waals surface area contributed by atoms with Crippen LogP contribution in [-0.2, 0) is 6.42 Å². The Morgan fingerprint density at radius 2 is 0.985 bits per heavy atom. The molecule has 0 N–H and O–H groups in total. The maximum Gasteiger partial charge on any atom is 0.128 e. The molecule has 1 heterocycles. The first-order chi connectivity index (χ1) is 32.7. The smallest absolute Gasteiger partial charge is 0.128 e. The maximum atomic E-state index is 6.72. The fourth-order valence-electron chi connectivity index (χ4n) is 10.4. The van der Waals surface area contributed by atoms with Crippen LogP contribution in [0.15, 0.2) is 266 Å². The molecule has 0 saturated carbocycles. The van der Waals surface area contributed by atoms with Crippen LogP contribution < -0.4 is 9.64 Å². The summed E-state index contributed by atoms with van der Waals surface area (Å²) in [5.74, 6) is 2.08. The predicted molar refractivity (Wildman–Crippen MR) is 275 cm³/mol. The number of nitrogens with zero attached hydrogens (tertiary/aromatic N) is 1. The molecular formula is C64H49NO. The van der Waals surface area contributed by atoms with Crippen LogP contribution in [0.5, 0.6) is 5.75 Å². The minimum absolute atomic E-state index is 0.0313. The van der Waals surface area contributed by atoms with E-state index in [9.17, 15) is 0 Å². The fraction of sp³-hybridized carbons (Fsp3) is 0.0938. The van der Waals surface area contributed by atoms with E-state index in [1.807, 2.05) is 0 Å². The van der Waals surface area contributed by atoms with Crippen LogP contribution >= 0.6 is 0 Å². The third-order valence-corrected chi connectivity index (χ3v) is 13.9. The summed E-state index contributed by atoms with van der Waals surface area (Å²) in [6.45, 7) is 0. The van der Waals surface area contributed by atoms with Crippen molar-refractivity contribution in [2.75, 3.05) is 4.90 Å². The normalized spacial score (nSPS) is 19.3. The molecular weight excluding hydrogens is 799 g/mol. The molecule has 3 aliphatic carbocycles. The average Bonchev–Trinajstić information content (AvgIpc) is 3.75. The van der Waals surface area contributed by atoms with Crippen LogP contribution in [-0.4, -0.2) is 6.10 Å². The molecule has 1 aliphatic heterocycles. The Bertz CT molecular complexity index is 3220. The van der Waals surface area contributed by atoms with Gasteiger partial charge in [0.2, 0.25) is 0 Å². The van der Waals surface area contributed by atoms with Crippen molar-refractivity contribution in [2.24, 2.45) is 11.8 Å². The number of anilines is 2. The highest BCUT2D eigenvalue weighted by Gasteiger charge is 2.35. The maximum absolute atomic E-state index is 6.72. The van der Waals surface area contributed by atoms with E-state index in [2.05, 4.69) is 260 Å². The van der Waals surface area contributed by atoms with Gasteiger partial charge in [0, 0.05) is 46.3 Å². The molecule has 0 radical (unpaired) electrons. The van der Waals surface area contributed by atoms with Crippen LogP contribution in [0.2, 0.25) is 0 Å². The summed E-state index contributed by atoms with van der Waals surface area (Å²) in [5.41, 5.74) is 15.9. The lowest BCUT2D eigenvalue weighted by Gasteiger charge is -2.31. The van der Waals surface area contributed by atoms with Crippen LogP contribution in [0.3, 0.4) is 0 Å². The molecule has 2 nitrogen and oxygen atoms in total. The average molecular weight is 848 g/mol. The Morgan fingerprint density at radius 1 is 0.455 bits per heavy atom. The van der Waals surface area contributed by atoms with Crippen molar-refractivity contribution >= 4 is 22.1 Å². The molecule has 66 heavy (non-hydrogen) atoms. The van der Waals surface area contributed by atoms with E-state index >= 15 is 0 Å². The first kappa shape index (κ1) is 39.6. The number of ether oxygens (including phenoxy) is 1. The minimum atomic E-state index is -0.0313. The van der Waals surface area contributed by atoms with Crippen molar-refractivity contribution < 1.29 is 4.74 Å². The second kappa shape index (κ2) is 17.2. The Morgan fingerprint density at radius 3 is 1.61 bits per heavy atom. The van der Waals surface area contributed by atoms with Crippen LogP contribution in [0.1, 0.15) is 28.5 Å². The van der Waals surface area contributed by atoms with Gasteiger partial charge < -0.3 is 9.64 Å². The van der Waals surface area contributed by atoms with Gasteiger partial charge in [-0.15, -0.1) is 0 Å². The van der Waals surface area contributed by atoms with E-state index in [1.54, 1.807) is 0 Å². The minimum Gasteiger partial charge on any atom is -0.485 e. The first-order valence-corrected chi connectivity index (χ1v) is 23.3. The van der Waals surface area contributed by atoms with Gasteiger partial charge in [-0.25, -0.2) is 0 Å². The number of fused-ring (bicyclic) bond motifs is 5. The topological polar surface area (TPSA) is 12.5 Å². The standard InChI is InChI=1S/C64H49NO/c1-3-11-45(12-4-1)48-21-19-44(20-22-48)39-61(56-32-38-60-62-41-54-17-9-10-18-55(54)42-64(62)66-63(60)43-56)52-25-23-49(24-26-52)51-29-35-58(36-30-51)65(59-37-31-47-15-7-8-16-53(47)40-59)57-33-27-50(28-34-57)46-13-5-2-6-14-46/h1-38,40-43,47,53,60-61,63H,39H2. The summed E-state index contributed by atoms with van der Waals surface area (Å²) in [6.07, 6.45) is 24.0. The molecule has 316 valence electrons. The lowest BCUT2D eigenvalue weighted by Crippen LogP contribution is -2.21. The Kier molecular flexibility index (Phi) is 10.3. The summed E-state index contributed by atoms with van der Waals surface area (Å²) < 4.78 is 6.72. The van der Waals surface area contributed by atoms with Gasteiger partial charge in [-0.1, -0.05) is 206 Å². The van der Waals surface area contributed by atoms with Gasteiger partial charge in [0.15, 0.2) is 0 Å². The zero-order valence-corrected chi connectivity index (χ0v) is 36.7. The lowest BCUT2D eigenvalue weighted by atomic mass is 9.79. The quantitative estimate of drug-likeness (QED) is 0.136. The number of rotatable bonds is 10. The van der Waals surface area contributed by atoms with E-state index in [1.165, 1.54) is 72.1 Å². The number of hydrogen-bond donors (Lipinski definition) is 0. The predicted octanol–water partition coefficient (Wildman–Crippen LogP) is 16.2. The van der Waals surface area contributed by atoms with Crippen LogP contribution in [0.25, 0.3) is 44.2 Å². The highest BCUT2D eigenvalue weighted by atomic mass is 16.5. The van der Waals surface area contributed by atoms with Gasteiger partial charge >= 0.3 is 0 Å². The molecule has 0 aromatic heterocycles. The SMILES string of the molecule is C1=CC2C=CC(N(c3ccc(-c4ccccc4)cc3)c3ccc(-c4ccc(C(Cc5ccc(-c6ccccc6)cc5)C5=CC6Oc7cc8ccccc8cc7C6C=C5)cc4)cc3)=CC2C=C1. The van der Waals surface area contributed by atoms with Crippen molar-refractivity contribution in [3.05, 3.63) is 283 Å². The van der Waals surface area contributed by atoms with E-state index in [-0.39, 0.29) is 17.9 Å². The lowest BCUT2D eigenvalue weighted by molar-refractivity contribution is 0.267. The summed E-state index contributed by atoms with van der Waals surface area (Å²) in [5, 5.41) is 2.47. The molecule has 0 fully saturated rings. The molecule has 5 atom stereocenters. The van der Waals surface area contributed by atoms with E-state index in [0.717, 1.165) is 23.5 Å². The van der Waals surface area contributed by atoms with Gasteiger partial charge in [0.25, 0.3) is 0 Å². The Hall–Kier alpha value is -7.94. The molecule has 2 heteroatoms. The molecule has 0 amide bonds. The molecule has 0 saturated heterocycles. The van der Waals surface area contributed by atoms with Gasteiger partial charge in [-0.05, 0) is 116 Å². The number of allylic oxidation sites excluding steroid dienone is 9. The van der Waals surface area contributed by atoms with Crippen LogP contribution in [0, 0.1) is 11.8 Å². The third-order valence-electron chi connectivity index (χ3n) is 13.9. The third kappa shape index (κ3) is 7.75. The van der Waals surface area contributed by atoms with E-state index in [4.69, 9.17) is 4.74 Å². The second-order valence-corrected chi connectivity index (χ2v) is 18.0. The molecule has 5 unspecified atom stereocenters. The van der Waals surface area contributed by atoms with Gasteiger partial charge in [-0.2, -0.15) is 0 Å². The van der Waals surface area contributed by atoms with Crippen molar-refractivity contribution in [2.45, 2.75) is 24.4 Å². The van der Waals surface area contributed by atoms with Crippen molar-refractivity contribution in [3.8, 4) is 39.1 Å². The van der Waals surface area contributed by atoms with E-state index in [0.29, 0.717) is 11.8 Å². The molecule has 12 rings (SSSR count). The highest BCUT2D eigenvalue weighted by molar-refractivity contribution is 5.86. The fourth-order valence-corrected chi connectivity index (χ4v) is 10.4. The van der Waals surface area contributed by atoms with Gasteiger partial charge in [0.1, 0.15) is 11.9 Å². The van der Waals surface area contributed by atoms with Gasteiger partial charge in [-0.3, -0.25) is 0 Å². The second-order valence-electron chi connectivity index (χ2n) is 18.0. The summed E-state index contributed by atoms with van der Waals surface area (Å²) >= 11 is 0. The van der Waals surface area contributed by atoms with Crippen molar-refractivity contribution in [1.82, 2.24) is 0 Å². The Labute approximate surface area is 388 Å². The molecule has 4 aliphatic rings. The summed E-state index contributed by atoms with van der Waals surface area (Å²) in [4.78, 5) is 2.39. The summed E-state index contributed by atoms with van der Waals surface area (Å²) in [7, 11) is 0. The van der Waals surface area contributed by atoms with Crippen molar-refractivity contribution in [3.63, 3.8) is 0 Å². The molecule has 8 aromatic carbocycles.